The zero-order valence-electron chi connectivity index (χ0n) is 14.5. The molecule has 0 aliphatic carbocycles. The van der Waals surface area contributed by atoms with Crippen LogP contribution in [-0.2, 0) is 6.54 Å². The minimum Gasteiger partial charge on any atom is -0.497 e. The van der Waals surface area contributed by atoms with Crippen molar-refractivity contribution in [1.82, 2.24) is 4.57 Å². The first-order valence-electron chi connectivity index (χ1n) is 7.71. The van der Waals surface area contributed by atoms with E-state index in [9.17, 15) is 4.79 Å². The van der Waals surface area contributed by atoms with Crippen LogP contribution in [0.1, 0.15) is 10.4 Å². The largest absolute Gasteiger partial charge is 0.497 e. The Kier molecular flexibility index (Phi) is 5.76. The number of halogens is 2. The van der Waals surface area contributed by atoms with Crippen LogP contribution in [0.3, 0.4) is 0 Å². The van der Waals surface area contributed by atoms with E-state index in [1.807, 2.05) is 0 Å². The van der Waals surface area contributed by atoms with Crippen molar-refractivity contribution in [3.63, 3.8) is 0 Å². The maximum absolute atomic E-state index is 12.8. The van der Waals surface area contributed by atoms with Gasteiger partial charge < -0.3 is 14.0 Å². The van der Waals surface area contributed by atoms with Crippen LogP contribution in [0.25, 0.3) is 10.2 Å². The zero-order valence-corrected chi connectivity index (χ0v) is 16.8. The first-order valence-corrected chi connectivity index (χ1v) is 9.28. The second kappa shape index (κ2) is 8.05. The monoisotopic (exact) mass is 420 g/mol. The van der Waals surface area contributed by atoms with Crippen LogP contribution in [0.2, 0.25) is 10.0 Å². The number of methoxy groups -OCH3 is 2. The number of benzene rings is 2. The molecular weight excluding hydrogens is 407 g/mol. The molecule has 0 bridgehead atoms. The second-order valence-electron chi connectivity index (χ2n) is 5.39. The van der Waals surface area contributed by atoms with Gasteiger partial charge in [0.05, 0.1) is 41.6 Å². The van der Waals surface area contributed by atoms with Crippen LogP contribution in [0.5, 0.6) is 11.5 Å². The van der Waals surface area contributed by atoms with Crippen LogP contribution in [-0.4, -0.2) is 24.7 Å². The summed E-state index contributed by atoms with van der Waals surface area (Å²) in [5.74, 6) is 3.04. The van der Waals surface area contributed by atoms with E-state index in [1.54, 1.807) is 34.9 Å². The van der Waals surface area contributed by atoms with Crippen LogP contribution < -0.4 is 14.3 Å². The van der Waals surface area contributed by atoms with Gasteiger partial charge >= 0.3 is 0 Å². The first-order chi connectivity index (χ1) is 13.0. The van der Waals surface area contributed by atoms with Gasteiger partial charge in [0, 0.05) is 11.1 Å². The lowest BCUT2D eigenvalue weighted by Gasteiger charge is -2.07. The quantitative estimate of drug-likeness (QED) is 0.587. The molecule has 0 fully saturated rings. The predicted molar refractivity (Wildman–Crippen MR) is 108 cm³/mol. The minimum atomic E-state index is -0.464. The van der Waals surface area contributed by atoms with Crippen molar-refractivity contribution in [2.24, 2.45) is 4.99 Å². The number of hydrogen-bond acceptors (Lipinski definition) is 4. The van der Waals surface area contributed by atoms with Crippen molar-refractivity contribution in [2.75, 3.05) is 14.2 Å². The summed E-state index contributed by atoms with van der Waals surface area (Å²) in [5.41, 5.74) is 1.00. The van der Waals surface area contributed by atoms with E-state index in [4.69, 9.17) is 39.1 Å². The minimum absolute atomic E-state index is 0.215. The third kappa shape index (κ3) is 3.81. The molecule has 0 saturated heterocycles. The summed E-state index contributed by atoms with van der Waals surface area (Å²) in [4.78, 5) is 17.4. The molecule has 27 heavy (non-hydrogen) atoms. The Morgan fingerprint density at radius 1 is 1.26 bits per heavy atom. The molecule has 138 valence electrons. The lowest BCUT2D eigenvalue weighted by Crippen LogP contribution is -2.17. The van der Waals surface area contributed by atoms with Crippen molar-refractivity contribution in [2.45, 2.75) is 6.54 Å². The number of fused-ring (bicyclic) bond motifs is 1. The SMILES string of the molecule is C#CCn1c(=NC(=O)c2ccc(OC)cc2OC)sc2cc(Cl)cc(Cl)c21. The summed E-state index contributed by atoms with van der Waals surface area (Å²) < 4.78 is 12.9. The van der Waals surface area contributed by atoms with E-state index in [0.29, 0.717) is 37.4 Å². The average Bonchev–Trinajstić information content (AvgIpc) is 2.98. The standard InChI is InChI=1S/C19H14Cl2N2O3S/c1-4-7-23-17-14(21)8-11(20)9-16(17)27-19(23)22-18(24)13-6-5-12(25-2)10-15(13)26-3/h1,5-6,8-10H,7H2,2-3H3. The highest BCUT2D eigenvalue weighted by molar-refractivity contribution is 7.16. The van der Waals surface area contributed by atoms with E-state index in [-0.39, 0.29) is 6.54 Å². The molecule has 1 heterocycles. The highest BCUT2D eigenvalue weighted by Gasteiger charge is 2.15. The smallest absolute Gasteiger partial charge is 0.283 e. The molecule has 0 spiro atoms. The summed E-state index contributed by atoms with van der Waals surface area (Å²) >= 11 is 13.7. The summed E-state index contributed by atoms with van der Waals surface area (Å²) in [6.07, 6.45) is 5.48. The van der Waals surface area contributed by atoms with Gasteiger partial charge in [-0.05, 0) is 24.3 Å². The molecule has 0 atom stereocenters. The van der Waals surface area contributed by atoms with E-state index in [1.165, 1.54) is 25.6 Å². The fraction of sp³-hybridized carbons (Fsp3) is 0.158. The van der Waals surface area contributed by atoms with Crippen molar-refractivity contribution >= 4 is 50.7 Å². The van der Waals surface area contributed by atoms with Crippen molar-refractivity contribution < 1.29 is 14.3 Å². The molecule has 3 aromatic rings. The van der Waals surface area contributed by atoms with Crippen molar-refractivity contribution in [1.29, 1.82) is 0 Å². The molecule has 1 amide bonds. The third-order valence-electron chi connectivity index (χ3n) is 3.78. The number of carbonyl (C=O) groups is 1. The van der Waals surface area contributed by atoms with Gasteiger partial charge in [-0.2, -0.15) is 4.99 Å². The van der Waals surface area contributed by atoms with Crippen molar-refractivity contribution in [3.8, 4) is 23.8 Å². The maximum Gasteiger partial charge on any atom is 0.283 e. The van der Waals surface area contributed by atoms with Gasteiger partial charge in [0.1, 0.15) is 11.5 Å². The van der Waals surface area contributed by atoms with E-state index in [0.717, 1.165) is 4.70 Å². The number of amides is 1. The lowest BCUT2D eigenvalue weighted by atomic mass is 10.2. The van der Waals surface area contributed by atoms with Crippen LogP contribution in [0.15, 0.2) is 35.3 Å². The van der Waals surface area contributed by atoms with Crippen molar-refractivity contribution in [3.05, 3.63) is 50.7 Å². The second-order valence-corrected chi connectivity index (χ2v) is 7.25. The number of rotatable bonds is 4. The third-order valence-corrected chi connectivity index (χ3v) is 5.31. The number of carbonyl (C=O) groups excluding carboxylic acids is 1. The van der Waals surface area contributed by atoms with Gasteiger partial charge in [-0.25, -0.2) is 0 Å². The highest BCUT2D eigenvalue weighted by Crippen LogP contribution is 2.30. The number of ether oxygens (including phenoxy) is 2. The maximum atomic E-state index is 12.8. The van der Waals surface area contributed by atoms with Gasteiger partial charge in [-0.3, -0.25) is 4.79 Å². The molecule has 0 aliphatic heterocycles. The Morgan fingerprint density at radius 2 is 2.04 bits per heavy atom. The fourth-order valence-corrected chi connectivity index (χ4v) is 4.38. The molecule has 3 rings (SSSR count). The molecule has 5 nitrogen and oxygen atoms in total. The lowest BCUT2D eigenvalue weighted by molar-refractivity contribution is 0.0995. The first kappa shape index (κ1) is 19.3. The van der Waals surface area contributed by atoms with Gasteiger partial charge in [0.2, 0.25) is 0 Å². The molecule has 0 radical (unpaired) electrons. The van der Waals surface area contributed by atoms with E-state index in [2.05, 4.69) is 10.9 Å². The average molecular weight is 421 g/mol. The van der Waals surface area contributed by atoms with Crippen LogP contribution >= 0.6 is 34.5 Å². The van der Waals surface area contributed by atoms with Gasteiger partial charge in [0.15, 0.2) is 4.80 Å². The summed E-state index contributed by atoms with van der Waals surface area (Å²) in [7, 11) is 3.01. The highest BCUT2D eigenvalue weighted by atomic mass is 35.5. The predicted octanol–water partition coefficient (Wildman–Crippen LogP) is 4.40. The summed E-state index contributed by atoms with van der Waals surface area (Å²) in [5, 5.41) is 0.941. The Bertz CT molecular complexity index is 1140. The molecule has 0 N–H and O–H groups in total. The molecule has 1 aromatic heterocycles. The van der Waals surface area contributed by atoms with Gasteiger partial charge in [0.25, 0.3) is 5.91 Å². The fourth-order valence-electron chi connectivity index (χ4n) is 2.57. The number of aromatic nitrogens is 1. The normalized spacial score (nSPS) is 11.4. The van der Waals surface area contributed by atoms with E-state index < -0.39 is 5.91 Å². The molecule has 8 heteroatoms. The molecular formula is C19H14Cl2N2O3S. The number of hydrogen-bond donors (Lipinski definition) is 0. The topological polar surface area (TPSA) is 52.8 Å². The summed E-state index contributed by atoms with van der Waals surface area (Å²) in [6.45, 7) is 0.215. The Morgan fingerprint density at radius 3 is 2.70 bits per heavy atom. The number of terminal acetylenes is 1. The molecule has 0 aliphatic rings. The summed E-state index contributed by atoms with van der Waals surface area (Å²) in [6, 6.07) is 8.29. The van der Waals surface area contributed by atoms with E-state index >= 15 is 0 Å². The Labute approximate surface area is 169 Å². The zero-order chi connectivity index (χ0) is 19.6. The Balaban J connectivity index is 2.19. The van der Waals surface area contributed by atoms with Gasteiger partial charge in [-0.15, -0.1) is 6.42 Å². The van der Waals surface area contributed by atoms with Crippen LogP contribution in [0, 0.1) is 12.3 Å². The number of thiazole rings is 1. The molecule has 2 aromatic carbocycles. The molecule has 0 saturated carbocycles. The van der Waals surface area contributed by atoms with Gasteiger partial charge in [-0.1, -0.05) is 40.5 Å². The molecule has 0 unspecified atom stereocenters. The number of nitrogens with zero attached hydrogens (tertiary/aromatic N) is 2. The van der Waals surface area contributed by atoms with Crippen LogP contribution in [0.4, 0.5) is 0 Å². The Hall–Kier alpha value is -2.46.